The number of hydrogen-bond acceptors (Lipinski definition) is 7. The van der Waals surface area contributed by atoms with Gasteiger partial charge in [0, 0.05) is 5.69 Å². The number of aryl methyl sites for hydroxylation is 1. The summed E-state index contributed by atoms with van der Waals surface area (Å²) in [6, 6.07) is 14.4. The Kier molecular flexibility index (Phi) is 4.00. The number of carbonyl (C=O) groups is 2. The van der Waals surface area contributed by atoms with Crippen LogP contribution >= 0.6 is 0 Å². The van der Waals surface area contributed by atoms with Crippen molar-refractivity contribution in [1.29, 1.82) is 0 Å². The summed E-state index contributed by atoms with van der Waals surface area (Å²) in [4.78, 5) is 38.6. The summed E-state index contributed by atoms with van der Waals surface area (Å²) in [5, 5.41) is 3.09. The van der Waals surface area contributed by atoms with Gasteiger partial charge in [-0.05, 0) is 30.7 Å². The topological polar surface area (TPSA) is 114 Å². The van der Waals surface area contributed by atoms with Gasteiger partial charge in [-0.2, -0.15) is 15.0 Å². The predicted molar refractivity (Wildman–Crippen MR) is 99.3 cm³/mol. The van der Waals surface area contributed by atoms with Gasteiger partial charge in [0.2, 0.25) is 11.9 Å². The molecule has 0 saturated heterocycles. The summed E-state index contributed by atoms with van der Waals surface area (Å²) in [5.74, 6) is -0.254. The Hall–Kier alpha value is -3.81. The lowest BCUT2D eigenvalue weighted by molar-refractivity contribution is 0.0638. The van der Waals surface area contributed by atoms with Crippen molar-refractivity contribution in [2.45, 2.75) is 13.5 Å². The van der Waals surface area contributed by atoms with Gasteiger partial charge in [-0.3, -0.25) is 14.5 Å². The third kappa shape index (κ3) is 3.08. The monoisotopic (exact) mass is 360 g/mol. The predicted octanol–water partition coefficient (Wildman–Crippen LogP) is 2.30. The number of rotatable bonds is 4. The molecule has 0 aliphatic carbocycles. The van der Waals surface area contributed by atoms with Gasteiger partial charge in [-0.15, -0.1) is 0 Å². The van der Waals surface area contributed by atoms with Crippen LogP contribution in [0.2, 0.25) is 0 Å². The maximum atomic E-state index is 12.5. The number of hydrogen-bond donors (Lipinski definition) is 2. The van der Waals surface area contributed by atoms with Crippen molar-refractivity contribution in [1.82, 2.24) is 19.9 Å². The van der Waals surface area contributed by atoms with Gasteiger partial charge < -0.3 is 11.1 Å². The van der Waals surface area contributed by atoms with Crippen LogP contribution in [0.15, 0.2) is 48.5 Å². The fourth-order valence-electron chi connectivity index (χ4n) is 2.92. The van der Waals surface area contributed by atoms with Crippen molar-refractivity contribution in [3.63, 3.8) is 0 Å². The second-order valence-electron chi connectivity index (χ2n) is 6.12. The number of fused-ring (bicyclic) bond motifs is 1. The molecule has 3 aromatic rings. The van der Waals surface area contributed by atoms with Gasteiger partial charge in [-0.1, -0.05) is 30.3 Å². The van der Waals surface area contributed by atoms with E-state index in [9.17, 15) is 9.59 Å². The van der Waals surface area contributed by atoms with Crippen molar-refractivity contribution >= 4 is 29.4 Å². The molecule has 0 fully saturated rings. The first kappa shape index (κ1) is 16.6. The Morgan fingerprint density at radius 2 is 1.56 bits per heavy atom. The first-order valence-corrected chi connectivity index (χ1v) is 8.31. The van der Waals surface area contributed by atoms with Gasteiger partial charge in [0.1, 0.15) is 0 Å². The van der Waals surface area contributed by atoms with Gasteiger partial charge in [-0.25, -0.2) is 0 Å². The Morgan fingerprint density at radius 3 is 2.22 bits per heavy atom. The number of nitrogens with zero attached hydrogens (tertiary/aromatic N) is 4. The summed E-state index contributed by atoms with van der Waals surface area (Å²) in [7, 11) is 0. The first-order chi connectivity index (χ1) is 13.0. The molecule has 0 saturated carbocycles. The van der Waals surface area contributed by atoms with Gasteiger partial charge in [0.05, 0.1) is 17.7 Å². The minimum Gasteiger partial charge on any atom is -0.368 e. The molecule has 0 bridgehead atoms. The van der Waals surface area contributed by atoms with E-state index in [1.165, 1.54) is 0 Å². The van der Waals surface area contributed by atoms with Gasteiger partial charge >= 0.3 is 0 Å². The molecular weight excluding hydrogens is 344 g/mol. The molecule has 0 atom stereocenters. The number of benzene rings is 2. The lowest BCUT2D eigenvalue weighted by atomic mass is 10.1. The van der Waals surface area contributed by atoms with E-state index < -0.39 is 0 Å². The highest BCUT2D eigenvalue weighted by Crippen LogP contribution is 2.24. The van der Waals surface area contributed by atoms with E-state index >= 15 is 0 Å². The molecule has 1 aliphatic heterocycles. The minimum atomic E-state index is -0.372. The SMILES string of the molecule is Cc1ccccc1Nc1nc(N)nc(CN2C(=O)c3ccccc3C2=O)n1. The number of nitrogen functional groups attached to an aromatic ring is 1. The number of amides is 2. The fraction of sp³-hybridized carbons (Fsp3) is 0.105. The molecule has 8 heteroatoms. The zero-order valence-electron chi connectivity index (χ0n) is 14.5. The van der Waals surface area contributed by atoms with Crippen LogP contribution in [0.4, 0.5) is 17.6 Å². The van der Waals surface area contributed by atoms with Gasteiger partial charge in [0.25, 0.3) is 11.8 Å². The molecule has 1 aromatic heterocycles. The normalized spacial score (nSPS) is 13.0. The molecular formula is C19H16N6O2. The largest absolute Gasteiger partial charge is 0.368 e. The van der Waals surface area contributed by atoms with Crippen molar-refractivity contribution in [2.24, 2.45) is 0 Å². The lowest BCUT2D eigenvalue weighted by Gasteiger charge is -2.14. The van der Waals surface area contributed by atoms with Crippen LogP contribution in [-0.4, -0.2) is 31.7 Å². The van der Waals surface area contributed by atoms with Crippen molar-refractivity contribution in [2.75, 3.05) is 11.1 Å². The van der Waals surface area contributed by atoms with Crippen LogP contribution in [0, 0.1) is 6.92 Å². The quantitative estimate of drug-likeness (QED) is 0.686. The minimum absolute atomic E-state index is 0.00712. The third-order valence-electron chi connectivity index (χ3n) is 4.27. The summed E-state index contributed by atoms with van der Waals surface area (Å²) in [6.07, 6.45) is 0. The number of nitrogens with one attached hydrogen (secondary N) is 1. The molecule has 4 rings (SSSR count). The van der Waals surface area contributed by atoms with Crippen molar-refractivity contribution < 1.29 is 9.59 Å². The number of anilines is 3. The second kappa shape index (κ2) is 6.49. The standard InChI is InChI=1S/C19H16N6O2/c1-11-6-2-5-9-14(11)21-19-23-15(22-18(20)24-19)10-25-16(26)12-7-3-4-8-13(12)17(25)27/h2-9H,10H2,1H3,(H3,20,21,22,23,24). The average molecular weight is 360 g/mol. The van der Waals surface area contributed by atoms with E-state index in [1.807, 2.05) is 31.2 Å². The first-order valence-electron chi connectivity index (χ1n) is 8.31. The van der Waals surface area contributed by atoms with E-state index in [4.69, 9.17) is 5.73 Å². The summed E-state index contributed by atoms with van der Waals surface area (Å²) >= 11 is 0. The lowest BCUT2D eigenvalue weighted by Crippen LogP contribution is -2.30. The highest BCUT2D eigenvalue weighted by Gasteiger charge is 2.35. The summed E-state index contributed by atoms with van der Waals surface area (Å²) in [6.45, 7) is 1.87. The molecule has 8 nitrogen and oxygen atoms in total. The van der Waals surface area contributed by atoms with E-state index in [0.717, 1.165) is 16.2 Å². The highest BCUT2D eigenvalue weighted by atomic mass is 16.2. The van der Waals surface area contributed by atoms with Crippen LogP contribution < -0.4 is 11.1 Å². The fourth-order valence-corrected chi connectivity index (χ4v) is 2.92. The van der Waals surface area contributed by atoms with Crippen molar-refractivity contribution in [3.8, 4) is 0 Å². The zero-order valence-corrected chi connectivity index (χ0v) is 14.5. The van der Waals surface area contributed by atoms with Crippen LogP contribution in [-0.2, 0) is 6.54 Å². The molecule has 0 unspecified atom stereocenters. The molecule has 3 N–H and O–H groups in total. The Balaban J connectivity index is 1.60. The maximum Gasteiger partial charge on any atom is 0.261 e. The molecule has 2 aromatic carbocycles. The molecule has 2 heterocycles. The maximum absolute atomic E-state index is 12.5. The van der Waals surface area contributed by atoms with Crippen LogP contribution in [0.5, 0.6) is 0 Å². The van der Waals surface area contributed by atoms with E-state index in [-0.39, 0.29) is 36.1 Å². The van der Waals surface area contributed by atoms with E-state index in [0.29, 0.717) is 11.1 Å². The molecule has 2 amide bonds. The highest BCUT2D eigenvalue weighted by molar-refractivity contribution is 6.21. The second-order valence-corrected chi connectivity index (χ2v) is 6.12. The summed E-state index contributed by atoms with van der Waals surface area (Å²) in [5.41, 5.74) is 8.38. The number of nitrogens with two attached hydrogens (primary N) is 1. The van der Waals surface area contributed by atoms with Crippen molar-refractivity contribution in [3.05, 3.63) is 71.0 Å². The zero-order chi connectivity index (χ0) is 19.0. The summed E-state index contributed by atoms with van der Waals surface area (Å²) < 4.78 is 0. The molecule has 0 radical (unpaired) electrons. The van der Waals surface area contributed by atoms with E-state index in [2.05, 4.69) is 20.3 Å². The van der Waals surface area contributed by atoms with Crippen LogP contribution in [0.25, 0.3) is 0 Å². The Morgan fingerprint density at radius 1 is 0.926 bits per heavy atom. The van der Waals surface area contributed by atoms with E-state index in [1.54, 1.807) is 24.3 Å². The molecule has 27 heavy (non-hydrogen) atoms. The van der Waals surface area contributed by atoms with Crippen LogP contribution in [0.3, 0.4) is 0 Å². The number of carbonyl (C=O) groups excluding carboxylic acids is 2. The molecule has 134 valence electrons. The molecule has 1 aliphatic rings. The van der Waals surface area contributed by atoms with Gasteiger partial charge in [0.15, 0.2) is 5.82 Å². The number of aromatic nitrogens is 3. The smallest absolute Gasteiger partial charge is 0.261 e. The Labute approximate surface area is 155 Å². The average Bonchev–Trinajstić information content (AvgIpc) is 2.89. The third-order valence-corrected chi connectivity index (χ3v) is 4.27. The molecule has 0 spiro atoms. The van der Waals surface area contributed by atoms with Crippen LogP contribution in [0.1, 0.15) is 32.1 Å². The Bertz CT molecular complexity index is 1030. The number of imide groups is 1. The number of para-hydroxylation sites is 1.